The van der Waals surface area contributed by atoms with Crippen LogP contribution in [-0.2, 0) is 24.2 Å². The van der Waals surface area contributed by atoms with Gasteiger partial charge in [0.15, 0.2) is 11.8 Å². The van der Waals surface area contributed by atoms with Gasteiger partial charge in [-0.05, 0) is 31.6 Å². The van der Waals surface area contributed by atoms with Gasteiger partial charge in [-0.2, -0.15) is 0 Å². The Balaban J connectivity index is 0.00000208. The minimum Gasteiger partial charge on any atom is -0.381 e. The molecule has 0 aromatic carbocycles. The van der Waals surface area contributed by atoms with Gasteiger partial charge in [0.25, 0.3) is 0 Å². The number of rotatable bonds is 5. The molecule has 2 aliphatic rings. The fourth-order valence-corrected chi connectivity index (χ4v) is 3.40. The monoisotopic (exact) mass is 448 g/mol. The maximum atomic E-state index is 5.43. The average Bonchev–Trinajstić information content (AvgIpc) is 3.19. The fraction of sp³-hybridized carbons (Fsp3) is 0.812. The molecule has 3 rings (SSSR count). The van der Waals surface area contributed by atoms with E-state index >= 15 is 0 Å². The summed E-state index contributed by atoms with van der Waals surface area (Å²) >= 11 is 0. The molecule has 1 aromatic heterocycles. The number of nitrogens with zero attached hydrogens (tertiary/aromatic N) is 5. The van der Waals surface area contributed by atoms with Crippen molar-refractivity contribution in [1.82, 2.24) is 25.0 Å². The van der Waals surface area contributed by atoms with Crippen molar-refractivity contribution in [2.75, 3.05) is 33.9 Å². The summed E-state index contributed by atoms with van der Waals surface area (Å²) in [5.41, 5.74) is 0. The van der Waals surface area contributed by atoms with E-state index < -0.39 is 0 Å². The molecule has 2 aliphatic heterocycles. The summed E-state index contributed by atoms with van der Waals surface area (Å²) in [6.07, 6.45) is 5.79. The lowest BCUT2D eigenvalue weighted by Crippen LogP contribution is -2.40. The van der Waals surface area contributed by atoms with Gasteiger partial charge in [0, 0.05) is 46.8 Å². The Hall–Kier alpha value is -0.900. The molecule has 0 unspecified atom stereocenters. The molecule has 0 amide bonds. The fourth-order valence-electron chi connectivity index (χ4n) is 3.40. The SMILES string of the molecule is CN=C(NCc1nnc2n1CCC2)N(C)CCC1CCOCC1.I. The largest absolute Gasteiger partial charge is 0.381 e. The molecule has 0 saturated carbocycles. The summed E-state index contributed by atoms with van der Waals surface area (Å²) in [6.45, 7) is 4.57. The maximum Gasteiger partial charge on any atom is 0.193 e. The molecule has 1 aromatic rings. The number of halogens is 1. The molecule has 7 nitrogen and oxygen atoms in total. The third-order valence-corrected chi connectivity index (χ3v) is 4.88. The van der Waals surface area contributed by atoms with E-state index in [0.29, 0.717) is 6.54 Å². The van der Waals surface area contributed by atoms with Crippen molar-refractivity contribution in [2.45, 2.75) is 45.2 Å². The molecule has 1 fully saturated rings. The lowest BCUT2D eigenvalue weighted by Gasteiger charge is -2.26. The van der Waals surface area contributed by atoms with Crippen LogP contribution in [-0.4, -0.2) is 59.5 Å². The molecule has 0 spiro atoms. The van der Waals surface area contributed by atoms with Crippen molar-refractivity contribution in [2.24, 2.45) is 10.9 Å². The highest BCUT2D eigenvalue weighted by atomic mass is 127. The summed E-state index contributed by atoms with van der Waals surface area (Å²) < 4.78 is 7.65. The third kappa shape index (κ3) is 4.81. The molecule has 1 saturated heterocycles. The van der Waals surface area contributed by atoms with Crippen LogP contribution in [0.1, 0.15) is 37.3 Å². The van der Waals surface area contributed by atoms with Crippen molar-refractivity contribution >= 4 is 29.9 Å². The standard InChI is InChI=1S/C16H28N6O.HI/c1-17-16(21(2)9-5-13-6-10-23-11-7-13)18-12-15-20-19-14-4-3-8-22(14)15;/h13H,3-12H2,1-2H3,(H,17,18);1H. The van der Waals surface area contributed by atoms with Gasteiger partial charge in [0.05, 0.1) is 6.54 Å². The van der Waals surface area contributed by atoms with E-state index in [1.165, 1.54) is 25.7 Å². The van der Waals surface area contributed by atoms with Gasteiger partial charge in [-0.15, -0.1) is 34.2 Å². The van der Waals surface area contributed by atoms with E-state index in [4.69, 9.17) is 4.74 Å². The van der Waals surface area contributed by atoms with Crippen LogP contribution >= 0.6 is 24.0 Å². The highest BCUT2D eigenvalue weighted by Gasteiger charge is 2.18. The van der Waals surface area contributed by atoms with Crippen LogP contribution in [0.5, 0.6) is 0 Å². The Morgan fingerprint density at radius 1 is 1.38 bits per heavy atom. The number of aliphatic imine (C=N–C) groups is 1. The van der Waals surface area contributed by atoms with E-state index in [0.717, 1.165) is 56.3 Å². The molecule has 0 radical (unpaired) electrons. The van der Waals surface area contributed by atoms with Gasteiger partial charge in [-0.3, -0.25) is 4.99 Å². The number of guanidine groups is 1. The van der Waals surface area contributed by atoms with Crippen molar-refractivity contribution in [3.05, 3.63) is 11.6 Å². The lowest BCUT2D eigenvalue weighted by atomic mass is 9.96. The summed E-state index contributed by atoms with van der Waals surface area (Å²) in [5, 5.41) is 12.0. The third-order valence-electron chi connectivity index (χ3n) is 4.88. The molecule has 136 valence electrons. The van der Waals surface area contributed by atoms with Gasteiger partial charge < -0.3 is 19.5 Å². The molecule has 0 atom stereocenters. The Morgan fingerprint density at radius 2 is 2.17 bits per heavy atom. The summed E-state index contributed by atoms with van der Waals surface area (Å²) in [4.78, 5) is 6.60. The molecular weight excluding hydrogens is 419 g/mol. The zero-order chi connectivity index (χ0) is 16.1. The van der Waals surface area contributed by atoms with Crippen LogP contribution < -0.4 is 5.32 Å². The van der Waals surface area contributed by atoms with Gasteiger partial charge in [-0.1, -0.05) is 0 Å². The molecule has 8 heteroatoms. The van der Waals surface area contributed by atoms with E-state index in [-0.39, 0.29) is 24.0 Å². The lowest BCUT2D eigenvalue weighted by molar-refractivity contribution is 0.0625. The Morgan fingerprint density at radius 3 is 2.92 bits per heavy atom. The van der Waals surface area contributed by atoms with Crippen molar-refractivity contribution in [1.29, 1.82) is 0 Å². The van der Waals surface area contributed by atoms with E-state index in [9.17, 15) is 0 Å². The highest BCUT2D eigenvalue weighted by Crippen LogP contribution is 2.18. The Bertz CT molecular complexity index is 541. The number of ether oxygens (including phenoxy) is 1. The first kappa shape index (κ1) is 19.4. The minimum absolute atomic E-state index is 0. The number of nitrogens with one attached hydrogen (secondary N) is 1. The second kappa shape index (κ2) is 9.55. The van der Waals surface area contributed by atoms with Crippen LogP contribution in [0.15, 0.2) is 4.99 Å². The molecule has 3 heterocycles. The molecule has 1 N–H and O–H groups in total. The van der Waals surface area contributed by atoms with Crippen LogP contribution in [0.2, 0.25) is 0 Å². The maximum absolute atomic E-state index is 5.43. The minimum atomic E-state index is 0. The summed E-state index contributed by atoms with van der Waals surface area (Å²) in [7, 11) is 3.93. The van der Waals surface area contributed by atoms with Gasteiger partial charge >= 0.3 is 0 Å². The van der Waals surface area contributed by atoms with Crippen LogP contribution in [0.3, 0.4) is 0 Å². The van der Waals surface area contributed by atoms with E-state index in [2.05, 4.69) is 37.0 Å². The van der Waals surface area contributed by atoms with Crippen LogP contribution in [0, 0.1) is 5.92 Å². The van der Waals surface area contributed by atoms with E-state index in [1.54, 1.807) is 0 Å². The molecule has 0 bridgehead atoms. The summed E-state index contributed by atoms with van der Waals surface area (Å²) in [6, 6.07) is 0. The highest BCUT2D eigenvalue weighted by molar-refractivity contribution is 14.0. The molecule has 0 aliphatic carbocycles. The topological polar surface area (TPSA) is 67.6 Å². The molecular formula is C16H29IN6O. The number of hydrogen-bond acceptors (Lipinski definition) is 4. The second-order valence-electron chi connectivity index (χ2n) is 6.45. The van der Waals surface area contributed by atoms with Crippen molar-refractivity contribution in [3.8, 4) is 0 Å². The van der Waals surface area contributed by atoms with Gasteiger partial charge in [0.1, 0.15) is 5.82 Å². The van der Waals surface area contributed by atoms with E-state index in [1.807, 2.05) is 7.05 Å². The first-order valence-corrected chi connectivity index (χ1v) is 8.68. The van der Waals surface area contributed by atoms with Gasteiger partial charge in [-0.25, -0.2) is 0 Å². The van der Waals surface area contributed by atoms with Crippen molar-refractivity contribution < 1.29 is 4.74 Å². The number of hydrogen-bond donors (Lipinski definition) is 1. The van der Waals surface area contributed by atoms with Gasteiger partial charge in [0.2, 0.25) is 0 Å². The second-order valence-corrected chi connectivity index (χ2v) is 6.45. The predicted molar refractivity (Wildman–Crippen MR) is 105 cm³/mol. The Labute approximate surface area is 161 Å². The first-order valence-electron chi connectivity index (χ1n) is 8.68. The average molecular weight is 448 g/mol. The quantitative estimate of drug-likeness (QED) is 0.422. The van der Waals surface area contributed by atoms with Crippen LogP contribution in [0.25, 0.3) is 0 Å². The summed E-state index contributed by atoms with van der Waals surface area (Å²) in [5.74, 6) is 3.83. The Kier molecular flexibility index (Phi) is 7.73. The normalized spacial score (nSPS) is 18.2. The first-order chi connectivity index (χ1) is 11.3. The number of fused-ring (bicyclic) bond motifs is 1. The zero-order valence-corrected chi connectivity index (χ0v) is 17.0. The molecule has 24 heavy (non-hydrogen) atoms. The smallest absolute Gasteiger partial charge is 0.193 e. The van der Waals surface area contributed by atoms with Crippen molar-refractivity contribution in [3.63, 3.8) is 0 Å². The number of aryl methyl sites for hydroxylation is 1. The number of aromatic nitrogens is 3. The predicted octanol–water partition coefficient (Wildman–Crippen LogP) is 1.67. The zero-order valence-electron chi connectivity index (χ0n) is 14.7. The van der Waals surface area contributed by atoms with Crippen LogP contribution in [0.4, 0.5) is 0 Å².